The van der Waals surface area contributed by atoms with Crippen LogP contribution < -0.4 is 10.6 Å². The highest BCUT2D eigenvalue weighted by Gasteiger charge is 2.17. The zero-order valence-electron chi connectivity index (χ0n) is 10.9. The molecular formula is C14H19N3O2. The highest BCUT2D eigenvalue weighted by Crippen LogP contribution is 2.25. The topological polar surface area (TPSA) is 53.6 Å². The highest BCUT2D eigenvalue weighted by molar-refractivity contribution is 5.90. The van der Waals surface area contributed by atoms with Crippen LogP contribution in [0.15, 0.2) is 18.2 Å². The Hall–Kier alpha value is -1.75. The van der Waals surface area contributed by atoms with Gasteiger partial charge in [0, 0.05) is 31.0 Å². The van der Waals surface area contributed by atoms with E-state index in [2.05, 4.69) is 16.7 Å². The number of anilines is 2. The van der Waals surface area contributed by atoms with Crippen molar-refractivity contribution in [3.8, 4) is 0 Å². The van der Waals surface area contributed by atoms with E-state index in [4.69, 9.17) is 4.74 Å². The summed E-state index contributed by atoms with van der Waals surface area (Å²) in [6, 6.07) is 6.05. The molecule has 19 heavy (non-hydrogen) atoms. The zero-order valence-corrected chi connectivity index (χ0v) is 10.9. The molecule has 0 bridgehead atoms. The van der Waals surface area contributed by atoms with Crippen molar-refractivity contribution in [2.24, 2.45) is 0 Å². The molecule has 0 aliphatic carbocycles. The van der Waals surface area contributed by atoms with Crippen LogP contribution in [0.25, 0.3) is 0 Å². The molecule has 0 saturated carbocycles. The molecule has 1 saturated heterocycles. The molecule has 3 rings (SSSR count). The van der Waals surface area contributed by atoms with E-state index in [9.17, 15) is 4.79 Å². The molecule has 0 radical (unpaired) electrons. The molecule has 2 aliphatic rings. The van der Waals surface area contributed by atoms with Crippen LogP contribution in [0, 0.1) is 0 Å². The lowest BCUT2D eigenvalue weighted by molar-refractivity contribution is 0.0564. The summed E-state index contributed by atoms with van der Waals surface area (Å²) in [7, 11) is 0. The number of benzene rings is 1. The van der Waals surface area contributed by atoms with Crippen LogP contribution in [0.5, 0.6) is 0 Å². The first-order valence-corrected chi connectivity index (χ1v) is 6.83. The van der Waals surface area contributed by atoms with Crippen molar-refractivity contribution in [1.82, 2.24) is 4.90 Å². The number of hydrogen-bond acceptors (Lipinski definition) is 3. The lowest BCUT2D eigenvalue weighted by atomic mass is 10.0. The van der Waals surface area contributed by atoms with Crippen molar-refractivity contribution in [1.29, 1.82) is 0 Å². The number of hydrogen-bond donors (Lipinski definition) is 2. The second-order valence-electron chi connectivity index (χ2n) is 4.93. The summed E-state index contributed by atoms with van der Waals surface area (Å²) in [5, 5.41) is 6.32. The molecule has 0 spiro atoms. The first-order valence-electron chi connectivity index (χ1n) is 6.83. The van der Waals surface area contributed by atoms with Gasteiger partial charge in [0.1, 0.15) is 0 Å². The quantitative estimate of drug-likeness (QED) is 0.812. The number of rotatable bonds is 1. The number of morpholine rings is 1. The molecule has 2 amide bonds. The normalized spacial score (nSPS) is 18.4. The lowest BCUT2D eigenvalue weighted by Crippen LogP contribution is -2.43. The molecule has 0 unspecified atom stereocenters. The van der Waals surface area contributed by atoms with Gasteiger partial charge in [0.2, 0.25) is 0 Å². The van der Waals surface area contributed by atoms with Gasteiger partial charge in [-0.3, -0.25) is 0 Å². The number of fused-ring (bicyclic) bond motifs is 1. The molecule has 2 N–H and O–H groups in total. The van der Waals surface area contributed by atoms with Gasteiger partial charge in [-0.15, -0.1) is 0 Å². The Morgan fingerprint density at radius 2 is 2.16 bits per heavy atom. The molecule has 2 aliphatic heterocycles. The van der Waals surface area contributed by atoms with Gasteiger partial charge in [-0.2, -0.15) is 0 Å². The van der Waals surface area contributed by atoms with E-state index in [-0.39, 0.29) is 6.03 Å². The molecule has 1 aromatic carbocycles. The van der Waals surface area contributed by atoms with Gasteiger partial charge < -0.3 is 20.3 Å². The molecular weight excluding hydrogens is 242 g/mol. The van der Waals surface area contributed by atoms with E-state index >= 15 is 0 Å². The van der Waals surface area contributed by atoms with Crippen LogP contribution in [0.1, 0.15) is 12.0 Å². The monoisotopic (exact) mass is 261 g/mol. The molecule has 1 aromatic rings. The van der Waals surface area contributed by atoms with Crippen LogP contribution >= 0.6 is 0 Å². The molecule has 5 nitrogen and oxygen atoms in total. The van der Waals surface area contributed by atoms with Gasteiger partial charge in [0.25, 0.3) is 0 Å². The minimum absolute atomic E-state index is 0.0425. The molecule has 0 aromatic heterocycles. The van der Waals surface area contributed by atoms with Crippen molar-refractivity contribution in [3.05, 3.63) is 23.8 Å². The molecule has 2 heterocycles. The number of carbonyl (C=O) groups excluding carboxylic acids is 1. The van der Waals surface area contributed by atoms with Gasteiger partial charge in [0.15, 0.2) is 0 Å². The minimum Gasteiger partial charge on any atom is -0.385 e. The number of nitrogens with zero attached hydrogens (tertiary/aromatic N) is 1. The van der Waals surface area contributed by atoms with Crippen LogP contribution in [0.3, 0.4) is 0 Å². The maximum Gasteiger partial charge on any atom is 0.322 e. The SMILES string of the molecule is O=C(Nc1ccc2c(c1)NCCC2)N1CCOCC1. The summed E-state index contributed by atoms with van der Waals surface area (Å²) in [4.78, 5) is 13.9. The van der Waals surface area contributed by atoms with Gasteiger partial charge in [0.05, 0.1) is 13.2 Å². The van der Waals surface area contributed by atoms with Crippen LogP contribution in [-0.4, -0.2) is 43.8 Å². The second kappa shape index (κ2) is 5.48. The standard InChI is InChI=1S/C14H19N3O2/c18-14(17-6-8-19-9-7-17)16-12-4-3-11-2-1-5-15-13(11)10-12/h3-4,10,15H,1-2,5-9H2,(H,16,18). The first kappa shape index (κ1) is 12.3. The van der Waals surface area contributed by atoms with Crippen molar-refractivity contribution in [3.63, 3.8) is 0 Å². The summed E-state index contributed by atoms with van der Waals surface area (Å²) in [5.41, 5.74) is 3.33. The summed E-state index contributed by atoms with van der Waals surface area (Å²) in [6.45, 7) is 3.58. The number of carbonyl (C=O) groups is 1. The average Bonchev–Trinajstić information content (AvgIpc) is 2.48. The fourth-order valence-electron chi connectivity index (χ4n) is 2.51. The summed E-state index contributed by atoms with van der Waals surface area (Å²) in [6.07, 6.45) is 2.28. The van der Waals surface area contributed by atoms with Crippen LogP contribution in [0.4, 0.5) is 16.2 Å². The fourth-order valence-corrected chi connectivity index (χ4v) is 2.51. The zero-order chi connectivity index (χ0) is 13.1. The van der Waals surface area contributed by atoms with E-state index < -0.39 is 0 Å². The van der Waals surface area contributed by atoms with Gasteiger partial charge in [-0.05, 0) is 30.5 Å². The van der Waals surface area contributed by atoms with E-state index in [0.29, 0.717) is 26.3 Å². The smallest absolute Gasteiger partial charge is 0.322 e. The van der Waals surface area contributed by atoms with Crippen LogP contribution in [-0.2, 0) is 11.2 Å². The van der Waals surface area contributed by atoms with E-state index in [1.165, 1.54) is 12.0 Å². The molecule has 1 fully saturated rings. The minimum atomic E-state index is -0.0425. The third-order valence-corrected chi connectivity index (χ3v) is 3.60. The predicted molar refractivity (Wildman–Crippen MR) is 74.7 cm³/mol. The van der Waals surface area contributed by atoms with Crippen molar-refractivity contribution in [2.45, 2.75) is 12.8 Å². The molecule has 0 atom stereocenters. The highest BCUT2D eigenvalue weighted by atomic mass is 16.5. The largest absolute Gasteiger partial charge is 0.385 e. The number of amides is 2. The first-order chi connectivity index (χ1) is 9.33. The summed E-state index contributed by atoms with van der Waals surface area (Å²) >= 11 is 0. The summed E-state index contributed by atoms with van der Waals surface area (Å²) < 4.78 is 5.24. The summed E-state index contributed by atoms with van der Waals surface area (Å²) in [5.74, 6) is 0. The van der Waals surface area contributed by atoms with Crippen molar-refractivity contribution >= 4 is 17.4 Å². The maximum absolute atomic E-state index is 12.1. The van der Waals surface area contributed by atoms with E-state index in [1.54, 1.807) is 4.90 Å². The third kappa shape index (κ3) is 2.81. The number of nitrogens with one attached hydrogen (secondary N) is 2. The van der Waals surface area contributed by atoms with Gasteiger partial charge in [-0.25, -0.2) is 4.79 Å². The predicted octanol–water partition coefficient (Wildman–Crippen LogP) is 1.91. The Morgan fingerprint density at radius 3 is 3.00 bits per heavy atom. The van der Waals surface area contributed by atoms with Crippen molar-refractivity contribution in [2.75, 3.05) is 43.5 Å². The number of ether oxygens (including phenoxy) is 1. The Bertz CT molecular complexity index is 470. The van der Waals surface area contributed by atoms with E-state index in [0.717, 1.165) is 24.3 Å². The fraction of sp³-hybridized carbons (Fsp3) is 0.500. The molecule has 102 valence electrons. The van der Waals surface area contributed by atoms with Crippen molar-refractivity contribution < 1.29 is 9.53 Å². The molecule has 5 heteroatoms. The Balaban J connectivity index is 1.67. The second-order valence-corrected chi connectivity index (χ2v) is 4.93. The Morgan fingerprint density at radius 1 is 1.32 bits per heavy atom. The maximum atomic E-state index is 12.1. The van der Waals surface area contributed by atoms with Crippen LogP contribution in [0.2, 0.25) is 0 Å². The van der Waals surface area contributed by atoms with E-state index in [1.807, 2.05) is 12.1 Å². The van der Waals surface area contributed by atoms with Gasteiger partial charge in [-0.1, -0.05) is 6.07 Å². The van der Waals surface area contributed by atoms with Gasteiger partial charge >= 0.3 is 6.03 Å². The average molecular weight is 261 g/mol. The Kier molecular flexibility index (Phi) is 3.55. The third-order valence-electron chi connectivity index (χ3n) is 3.60. The number of aryl methyl sites for hydroxylation is 1. The number of urea groups is 1. The Labute approximate surface area is 112 Å². The lowest BCUT2D eigenvalue weighted by Gasteiger charge is -2.27.